The molecule has 232 valence electrons. The van der Waals surface area contributed by atoms with E-state index in [0.717, 1.165) is 33.4 Å². The molecule has 0 unspecified atom stereocenters. The molecule has 0 aliphatic carbocycles. The molecular weight excluding hydrogens is 590 g/mol. The molecule has 0 fully saturated rings. The molecule has 0 saturated carbocycles. The third-order valence-electron chi connectivity index (χ3n) is 7.10. The summed E-state index contributed by atoms with van der Waals surface area (Å²) in [5.41, 5.74) is 7.09. The first kappa shape index (κ1) is 33.3. The van der Waals surface area contributed by atoms with Crippen LogP contribution in [0, 0.1) is 18.3 Å². The van der Waals surface area contributed by atoms with Crippen molar-refractivity contribution < 1.29 is 15.0 Å². The fourth-order valence-electron chi connectivity index (χ4n) is 4.84. The number of benzene rings is 2. The minimum absolute atomic E-state index is 0.0327. The molecule has 0 atom stereocenters. The lowest BCUT2D eigenvalue weighted by Crippen LogP contribution is -2.24. The Morgan fingerprint density at radius 1 is 1.04 bits per heavy atom. The Hall–Kier alpha value is -4.63. The maximum absolute atomic E-state index is 13.0. The first-order valence-electron chi connectivity index (χ1n) is 14.4. The van der Waals surface area contributed by atoms with Crippen molar-refractivity contribution in [2.24, 2.45) is 12.0 Å². The molecule has 5 N–H and O–H groups in total. The molecule has 0 saturated heterocycles. The molecule has 4 aromatic rings. The third kappa shape index (κ3) is 8.30. The predicted molar refractivity (Wildman–Crippen MR) is 176 cm³/mol. The van der Waals surface area contributed by atoms with E-state index in [1.807, 2.05) is 56.6 Å². The maximum Gasteiger partial charge on any atom is 0.274 e. The molecule has 0 aliphatic heterocycles. The molecule has 0 spiro atoms. The number of hydrogen-bond acceptors (Lipinski definition) is 8. The minimum Gasteiger partial charge on any atom is -0.395 e. The smallest absolute Gasteiger partial charge is 0.274 e. The van der Waals surface area contributed by atoms with Gasteiger partial charge >= 0.3 is 0 Å². The maximum atomic E-state index is 13.0. The molecule has 2 heterocycles. The van der Waals surface area contributed by atoms with Crippen LogP contribution in [-0.4, -0.2) is 52.0 Å². The monoisotopic (exact) mass is 625 g/mol. The molecule has 0 radical (unpaired) electrons. The topological polar surface area (TPSA) is 148 Å². The molecule has 2 aromatic heterocycles. The third-order valence-corrected chi connectivity index (χ3v) is 7.51. The Bertz CT molecular complexity index is 1790. The summed E-state index contributed by atoms with van der Waals surface area (Å²) in [4.78, 5) is 22.0. The van der Waals surface area contributed by atoms with E-state index in [2.05, 4.69) is 33.6 Å². The molecule has 10 nitrogen and oxygen atoms in total. The molecule has 11 heteroatoms. The highest BCUT2D eigenvalue weighted by Crippen LogP contribution is 2.37. The summed E-state index contributed by atoms with van der Waals surface area (Å²) in [6.45, 7) is 8.23. The van der Waals surface area contributed by atoms with Gasteiger partial charge in [0.1, 0.15) is 11.8 Å². The number of nitrogens with one attached hydrogen (secondary N) is 3. The van der Waals surface area contributed by atoms with E-state index in [9.17, 15) is 10.1 Å². The Morgan fingerprint density at radius 2 is 1.73 bits per heavy atom. The van der Waals surface area contributed by atoms with Gasteiger partial charge in [-0.2, -0.15) is 5.26 Å². The number of aliphatic hydroxyl groups is 2. The molecule has 45 heavy (non-hydrogen) atoms. The Kier molecular flexibility index (Phi) is 11.8. The van der Waals surface area contributed by atoms with Crippen LogP contribution in [0.4, 0.5) is 5.69 Å². The average molecular weight is 626 g/mol. The van der Waals surface area contributed by atoms with Crippen LogP contribution in [0.25, 0.3) is 16.8 Å². The van der Waals surface area contributed by atoms with Crippen LogP contribution < -0.4 is 21.4 Å². The van der Waals surface area contributed by atoms with Crippen molar-refractivity contribution in [2.75, 3.05) is 31.6 Å². The van der Waals surface area contributed by atoms with Crippen LogP contribution in [0.15, 0.2) is 78.6 Å². The number of carbonyl (C=O) groups excluding carboxylic acids is 1. The van der Waals surface area contributed by atoms with E-state index in [1.165, 1.54) is 0 Å². The van der Waals surface area contributed by atoms with Crippen molar-refractivity contribution in [3.8, 4) is 17.2 Å². The van der Waals surface area contributed by atoms with Crippen LogP contribution in [0.3, 0.4) is 0 Å². The molecular formula is C34H36ClN7O3. The van der Waals surface area contributed by atoms with Gasteiger partial charge in [-0.3, -0.25) is 9.78 Å². The summed E-state index contributed by atoms with van der Waals surface area (Å²) in [5, 5.41) is 37.2. The van der Waals surface area contributed by atoms with Crippen LogP contribution in [0.5, 0.6) is 0 Å². The number of pyridine rings is 2. The highest BCUT2D eigenvalue weighted by atomic mass is 35.5. The fraction of sp³-hybridized carbons (Fsp3) is 0.235. The number of aromatic nitrogens is 2. The number of rotatable bonds is 13. The van der Waals surface area contributed by atoms with Crippen LogP contribution >= 0.6 is 11.6 Å². The quantitative estimate of drug-likeness (QED) is 0.142. The van der Waals surface area contributed by atoms with E-state index in [-0.39, 0.29) is 18.9 Å². The molecule has 0 bridgehead atoms. The number of amides is 1. The van der Waals surface area contributed by atoms with Gasteiger partial charge < -0.3 is 30.7 Å². The number of aliphatic hydroxyl groups excluding tert-OH is 2. The van der Waals surface area contributed by atoms with E-state index in [1.54, 1.807) is 29.0 Å². The lowest BCUT2D eigenvalue weighted by Gasteiger charge is -2.15. The summed E-state index contributed by atoms with van der Waals surface area (Å²) in [6, 6.07) is 18.6. The largest absolute Gasteiger partial charge is 0.395 e. The lowest BCUT2D eigenvalue weighted by atomic mass is 9.95. The number of nitrogens with zero attached hydrogens (tertiary/aromatic N) is 4. The molecule has 0 aliphatic rings. The first-order valence-corrected chi connectivity index (χ1v) is 14.8. The van der Waals surface area contributed by atoms with Crippen molar-refractivity contribution >= 4 is 28.9 Å². The van der Waals surface area contributed by atoms with Gasteiger partial charge in [-0.25, -0.2) is 4.99 Å². The van der Waals surface area contributed by atoms with Gasteiger partial charge in [0.25, 0.3) is 5.91 Å². The van der Waals surface area contributed by atoms with E-state index < -0.39 is 5.91 Å². The van der Waals surface area contributed by atoms with Crippen molar-refractivity contribution in [3.05, 3.63) is 118 Å². The van der Waals surface area contributed by atoms with Crippen molar-refractivity contribution in [1.29, 1.82) is 5.26 Å². The van der Waals surface area contributed by atoms with Crippen molar-refractivity contribution in [3.63, 3.8) is 0 Å². The first-order chi connectivity index (χ1) is 21.8. The number of halogens is 1. The van der Waals surface area contributed by atoms with Crippen molar-refractivity contribution in [2.45, 2.75) is 20.0 Å². The number of carbonyl (C=O) groups is 1. The Labute approximate surface area is 267 Å². The van der Waals surface area contributed by atoms with Gasteiger partial charge in [0.15, 0.2) is 5.49 Å². The van der Waals surface area contributed by atoms with Gasteiger partial charge in [0.05, 0.1) is 35.2 Å². The zero-order valence-corrected chi connectivity index (χ0v) is 26.0. The highest BCUT2D eigenvalue weighted by molar-refractivity contribution is 6.36. The normalized spacial score (nSPS) is 11.3. The summed E-state index contributed by atoms with van der Waals surface area (Å²) < 4.78 is 1.79. The van der Waals surface area contributed by atoms with E-state index in [0.29, 0.717) is 53.6 Å². The zero-order valence-electron chi connectivity index (χ0n) is 25.3. The molecule has 4 rings (SSSR count). The van der Waals surface area contributed by atoms with Crippen LogP contribution in [0.2, 0.25) is 5.02 Å². The summed E-state index contributed by atoms with van der Waals surface area (Å²) in [7, 11) is 1.83. The average Bonchev–Trinajstić information content (AvgIpc) is 3.04. The summed E-state index contributed by atoms with van der Waals surface area (Å²) in [6.07, 6.45) is 3.51. The SMILES string of the molecule is C=C(/N=c1/c(C#N)cc(CNCCO)cn1C)c1cccc(-c2cccc(NC(=O)c3ccc(CNCCO)cn3)c2Cl)c1C. The minimum atomic E-state index is -0.391. The summed E-state index contributed by atoms with van der Waals surface area (Å²) >= 11 is 6.86. The second-order valence-electron chi connectivity index (χ2n) is 10.3. The zero-order chi connectivity index (χ0) is 32.3. The number of nitriles is 1. The highest BCUT2D eigenvalue weighted by Gasteiger charge is 2.16. The second-order valence-corrected chi connectivity index (χ2v) is 10.7. The van der Waals surface area contributed by atoms with Gasteiger partial charge in [-0.05, 0) is 47.4 Å². The number of anilines is 1. The van der Waals surface area contributed by atoms with Crippen LogP contribution in [0.1, 0.15) is 38.3 Å². The number of hydrogen-bond donors (Lipinski definition) is 5. The van der Waals surface area contributed by atoms with Gasteiger partial charge in [-0.15, -0.1) is 0 Å². The van der Waals surface area contributed by atoms with Gasteiger partial charge in [0.2, 0.25) is 0 Å². The molecule has 2 aromatic carbocycles. The van der Waals surface area contributed by atoms with Crippen LogP contribution in [-0.2, 0) is 20.1 Å². The predicted octanol–water partition coefficient (Wildman–Crippen LogP) is 3.91. The van der Waals surface area contributed by atoms with Crippen molar-refractivity contribution in [1.82, 2.24) is 20.2 Å². The lowest BCUT2D eigenvalue weighted by molar-refractivity contribution is 0.102. The Balaban J connectivity index is 1.59. The Morgan fingerprint density at radius 3 is 2.40 bits per heavy atom. The standard InChI is InChI=1S/C34H36ClN7O3/c1-22-27(23(2)40-33-26(17-36)16-25(21-42(33)3)19-38-13-15-44)6-4-7-28(22)29-8-5-9-30(32(29)35)41-34(45)31-11-10-24(20-39-31)18-37-12-14-43/h4-11,16,20-21,37-38,43-44H,2,12-15,18-19H2,1,3H3,(H,41,45)/b40-33-. The molecule has 1 amide bonds. The second kappa shape index (κ2) is 15.9. The number of aryl methyl sites for hydroxylation is 1. The fourth-order valence-corrected chi connectivity index (χ4v) is 5.12. The van der Waals surface area contributed by atoms with E-state index in [4.69, 9.17) is 26.8 Å². The summed E-state index contributed by atoms with van der Waals surface area (Å²) in [5.74, 6) is -0.391. The van der Waals surface area contributed by atoms with Gasteiger partial charge in [0, 0.05) is 56.7 Å². The van der Waals surface area contributed by atoms with Gasteiger partial charge in [-0.1, -0.05) is 54.6 Å². The van der Waals surface area contributed by atoms with E-state index >= 15 is 0 Å².